The molecule has 0 bridgehead atoms. The summed E-state index contributed by atoms with van der Waals surface area (Å²) in [5.41, 5.74) is 0. The van der Waals surface area contributed by atoms with E-state index in [9.17, 15) is 10.2 Å². The van der Waals surface area contributed by atoms with Crippen LogP contribution in [-0.4, -0.2) is 85.0 Å². The van der Waals surface area contributed by atoms with Crippen LogP contribution in [0.4, 0.5) is 0 Å². The molecule has 0 aromatic carbocycles. The van der Waals surface area contributed by atoms with Crippen LogP contribution in [0.5, 0.6) is 0 Å². The summed E-state index contributed by atoms with van der Waals surface area (Å²) in [6.07, 6.45) is -0.850. The number of aliphatic hydroxyl groups excluding tert-OH is 4. The van der Waals surface area contributed by atoms with Gasteiger partial charge in [0.25, 0.3) is 0 Å². The first-order chi connectivity index (χ1) is 9.71. The molecule has 4 N–H and O–H groups in total. The maximum atomic E-state index is 9.73. The standard InChI is InChI=1S/C13H28O7/c1-2-3-5-20-13(11(17)9-15)12(10-16)19-8-7-18-6-4-14/h11-17H,2-10H2,1H3. The Morgan fingerprint density at radius 3 is 2.20 bits per heavy atom. The zero-order chi connectivity index (χ0) is 15.2. The van der Waals surface area contributed by atoms with E-state index in [1.807, 2.05) is 6.92 Å². The second-order valence-corrected chi connectivity index (χ2v) is 4.37. The van der Waals surface area contributed by atoms with E-state index in [0.29, 0.717) is 6.61 Å². The smallest absolute Gasteiger partial charge is 0.114 e. The first kappa shape index (κ1) is 19.7. The van der Waals surface area contributed by atoms with Crippen molar-refractivity contribution in [1.29, 1.82) is 0 Å². The minimum absolute atomic E-state index is 0.0601. The highest BCUT2D eigenvalue weighted by molar-refractivity contribution is 4.78. The summed E-state index contributed by atoms with van der Waals surface area (Å²) >= 11 is 0. The van der Waals surface area contributed by atoms with Crippen molar-refractivity contribution in [2.75, 3.05) is 46.2 Å². The highest BCUT2D eigenvalue weighted by Crippen LogP contribution is 2.10. The van der Waals surface area contributed by atoms with Crippen molar-refractivity contribution in [3.05, 3.63) is 0 Å². The second-order valence-electron chi connectivity index (χ2n) is 4.37. The van der Waals surface area contributed by atoms with Crippen molar-refractivity contribution in [3.8, 4) is 0 Å². The van der Waals surface area contributed by atoms with Gasteiger partial charge in [0, 0.05) is 6.61 Å². The van der Waals surface area contributed by atoms with Crippen molar-refractivity contribution >= 4 is 0 Å². The molecule has 20 heavy (non-hydrogen) atoms. The molecule has 0 spiro atoms. The summed E-state index contributed by atoms with van der Waals surface area (Å²) < 4.78 is 15.9. The minimum Gasteiger partial charge on any atom is -0.394 e. The van der Waals surface area contributed by atoms with E-state index in [2.05, 4.69) is 0 Å². The fourth-order valence-corrected chi connectivity index (χ4v) is 1.61. The van der Waals surface area contributed by atoms with Gasteiger partial charge in [-0.2, -0.15) is 0 Å². The van der Waals surface area contributed by atoms with E-state index >= 15 is 0 Å². The van der Waals surface area contributed by atoms with Gasteiger partial charge in [0.2, 0.25) is 0 Å². The molecule has 0 rings (SSSR count). The molecule has 122 valence electrons. The van der Waals surface area contributed by atoms with E-state index in [1.54, 1.807) is 0 Å². The maximum Gasteiger partial charge on any atom is 0.114 e. The minimum atomic E-state index is -1.11. The Morgan fingerprint density at radius 1 is 0.900 bits per heavy atom. The molecule has 0 amide bonds. The van der Waals surface area contributed by atoms with Gasteiger partial charge in [-0.05, 0) is 6.42 Å². The van der Waals surface area contributed by atoms with Crippen molar-refractivity contribution in [3.63, 3.8) is 0 Å². The average Bonchev–Trinajstić information content (AvgIpc) is 2.47. The molecule has 0 aliphatic heterocycles. The number of ether oxygens (including phenoxy) is 3. The predicted molar refractivity (Wildman–Crippen MR) is 72.5 cm³/mol. The second kappa shape index (κ2) is 13.7. The number of rotatable bonds is 14. The molecule has 3 atom stereocenters. The van der Waals surface area contributed by atoms with Crippen molar-refractivity contribution in [1.82, 2.24) is 0 Å². The van der Waals surface area contributed by atoms with Gasteiger partial charge in [0.1, 0.15) is 18.3 Å². The third-order valence-corrected chi connectivity index (χ3v) is 2.72. The summed E-state index contributed by atoms with van der Waals surface area (Å²) in [5.74, 6) is 0. The summed E-state index contributed by atoms with van der Waals surface area (Å²) in [5, 5.41) is 36.6. The van der Waals surface area contributed by atoms with Crippen LogP contribution in [-0.2, 0) is 14.2 Å². The molecule has 0 heterocycles. The van der Waals surface area contributed by atoms with E-state index in [4.69, 9.17) is 24.4 Å². The number of aliphatic hydroxyl groups is 4. The van der Waals surface area contributed by atoms with E-state index in [-0.39, 0.29) is 33.0 Å². The fourth-order valence-electron chi connectivity index (χ4n) is 1.61. The molecule has 0 aliphatic rings. The molecule has 7 nitrogen and oxygen atoms in total. The first-order valence-corrected chi connectivity index (χ1v) is 7.02. The highest BCUT2D eigenvalue weighted by atomic mass is 16.6. The van der Waals surface area contributed by atoms with Crippen molar-refractivity contribution < 1.29 is 34.6 Å². The molecule has 3 unspecified atom stereocenters. The Balaban J connectivity index is 4.18. The molecule has 0 aromatic rings. The van der Waals surface area contributed by atoms with Crippen LogP contribution in [0.2, 0.25) is 0 Å². The zero-order valence-electron chi connectivity index (χ0n) is 12.1. The molecular weight excluding hydrogens is 268 g/mol. The Kier molecular flexibility index (Phi) is 13.5. The van der Waals surface area contributed by atoms with Crippen LogP contribution >= 0.6 is 0 Å². The molecular formula is C13H28O7. The van der Waals surface area contributed by atoms with Gasteiger partial charge < -0.3 is 34.6 Å². The normalized spacial score (nSPS) is 16.1. The number of hydrogen-bond acceptors (Lipinski definition) is 7. The molecule has 0 aromatic heterocycles. The Bertz CT molecular complexity index is 203. The third kappa shape index (κ3) is 8.80. The fraction of sp³-hybridized carbons (Fsp3) is 1.00. The van der Waals surface area contributed by atoms with Crippen LogP contribution in [0.25, 0.3) is 0 Å². The average molecular weight is 296 g/mol. The molecule has 0 aliphatic carbocycles. The lowest BCUT2D eigenvalue weighted by atomic mass is 10.1. The molecule has 0 radical (unpaired) electrons. The molecule has 0 fully saturated rings. The highest BCUT2D eigenvalue weighted by Gasteiger charge is 2.29. The molecule has 0 saturated carbocycles. The SMILES string of the molecule is CCCCOC(C(O)CO)C(CO)OCCOCCO. The van der Waals surface area contributed by atoms with Gasteiger partial charge in [0.05, 0.1) is 39.6 Å². The van der Waals surface area contributed by atoms with Gasteiger partial charge in [0.15, 0.2) is 0 Å². The summed E-state index contributed by atoms with van der Waals surface area (Å²) in [6, 6.07) is 0. The van der Waals surface area contributed by atoms with E-state index in [0.717, 1.165) is 12.8 Å². The lowest BCUT2D eigenvalue weighted by Gasteiger charge is -2.29. The Morgan fingerprint density at radius 2 is 1.65 bits per heavy atom. The third-order valence-electron chi connectivity index (χ3n) is 2.72. The number of unbranched alkanes of at least 4 members (excludes halogenated alkanes) is 1. The largest absolute Gasteiger partial charge is 0.394 e. The summed E-state index contributed by atoms with van der Waals surface area (Å²) in [4.78, 5) is 0. The molecule has 7 heteroatoms. The first-order valence-electron chi connectivity index (χ1n) is 7.02. The van der Waals surface area contributed by atoms with Crippen LogP contribution in [0.3, 0.4) is 0 Å². The Hall–Kier alpha value is -0.280. The van der Waals surface area contributed by atoms with E-state index in [1.165, 1.54) is 0 Å². The molecule has 0 saturated heterocycles. The van der Waals surface area contributed by atoms with Gasteiger partial charge >= 0.3 is 0 Å². The van der Waals surface area contributed by atoms with Gasteiger partial charge in [-0.3, -0.25) is 0 Å². The number of hydrogen-bond donors (Lipinski definition) is 4. The lowest BCUT2D eigenvalue weighted by molar-refractivity contribution is -0.148. The summed E-state index contributed by atoms with van der Waals surface area (Å²) in [6.45, 7) is 2.30. The Labute approximate surface area is 120 Å². The maximum absolute atomic E-state index is 9.73. The van der Waals surface area contributed by atoms with Crippen LogP contribution in [0, 0.1) is 0 Å². The predicted octanol–water partition coefficient (Wildman–Crippen LogP) is -1.09. The van der Waals surface area contributed by atoms with Crippen LogP contribution in [0.1, 0.15) is 19.8 Å². The summed E-state index contributed by atoms with van der Waals surface area (Å²) in [7, 11) is 0. The quantitative estimate of drug-likeness (QED) is 0.302. The monoisotopic (exact) mass is 296 g/mol. The van der Waals surface area contributed by atoms with Crippen LogP contribution < -0.4 is 0 Å². The van der Waals surface area contributed by atoms with Crippen molar-refractivity contribution in [2.45, 2.75) is 38.1 Å². The topological polar surface area (TPSA) is 109 Å². The van der Waals surface area contributed by atoms with E-state index < -0.39 is 24.9 Å². The van der Waals surface area contributed by atoms with Crippen molar-refractivity contribution in [2.24, 2.45) is 0 Å². The van der Waals surface area contributed by atoms with Gasteiger partial charge in [-0.15, -0.1) is 0 Å². The zero-order valence-corrected chi connectivity index (χ0v) is 12.1. The van der Waals surface area contributed by atoms with Gasteiger partial charge in [-0.1, -0.05) is 13.3 Å². The van der Waals surface area contributed by atoms with Crippen LogP contribution in [0.15, 0.2) is 0 Å². The van der Waals surface area contributed by atoms with Gasteiger partial charge in [-0.25, -0.2) is 0 Å². The lowest BCUT2D eigenvalue weighted by Crippen LogP contribution is -2.45.